The molecule has 0 aromatic heterocycles. The van der Waals surface area contributed by atoms with E-state index in [4.69, 9.17) is 11.6 Å². The van der Waals surface area contributed by atoms with Crippen molar-refractivity contribution < 1.29 is 15.0 Å². The van der Waals surface area contributed by atoms with E-state index in [0.29, 0.717) is 12.8 Å². The lowest BCUT2D eigenvalue weighted by atomic mass is 9.68. The quantitative estimate of drug-likeness (QED) is 0.861. The monoisotopic (exact) mass is 268 g/mol. The Morgan fingerprint density at radius 2 is 1.89 bits per heavy atom. The van der Waals surface area contributed by atoms with E-state index < -0.39 is 11.4 Å². The Morgan fingerprint density at radius 1 is 1.28 bits per heavy atom. The van der Waals surface area contributed by atoms with E-state index in [2.05, 4.69) is 0 Å². The number of hydrogen-bond donors (Lipinski definition) is 2. The lowest BCUT2D eigenvalue weighted by Gasteiger charge is -2.35. The number of carboxylic acids is 1. The molecule has 2 N–H and O–H groups in total. The van der Waals surface area contributed by atoms with Gasteiger partial charge in [0.15, 0.2) is 0 Å². The van der Waals surface area contributed by atoms with Gasteiger partial charge in [0.1, 0.15) is 5.75 Å². The largest absolute Gasteiger partial charge is 0.506 e. The molecule has 0 heterocycles. The molecule has 98 valence electrons. The first-order chi connectivity index (χ1) is 8.47. The van der Waals surface area contributed by atoms with Crippen LogP contribution in [0.25, 0.3) is 0 Å². The molecule has 1 aromatic carbocycles. The summed E-state index contributed by atoms with van der Waals surface area (Å²) in [5.41, 5.74) is 0.707. The van der Waals surface area contributed by atoms with Crippen molar-refractivity contribution in [1.82, 2.24) is 0 Å². The zero-order chi connectivity index (χ0) is 13.3. The Labute approximate surface area is 111 Å². The number of aryl methyl sites for hydroxylation is 1. The number of rotatable bonds is 2. The van der Waals surface area contributed by atoms with Gasteiger partial charge in [0.2, 0.25) is 0 Å². The van der Waals surface area contributed by atoms with Gasteiger partial charge >= 0.3 is 5.97 Å². The molecule has 1 fully saturated rings. The summed E-state index contributed by atoms with van der Waals surface area (Å²) >= 11 is 5.93. The summed E-state index contributed by atoms with van der Waals surface area (Å²) in [5.74, 6) is -0.777. The molecule has 1 aliphatic carbocycles. The van der Waals surface area contributed by atoms with Crippen LogP contribution in [0, 0.1) is 6.92 Å². The summed E-state index contributed by atoms with van der Waals surface area (Å²) in [6.07, 6.45) is 4.21. The first kappa shape index (κ1) is 13.2. The number of phenolic OH excluding ortho intramolecular Hbond substituents is 1. The van der Waals surface area contributed by atoms with Crippen LogP contribution >= 0.6 is 11.6 Å². The third-order valence-electron chi connectivity index (χ3n) is 3.93. The van der Waals surface area contributed by atoms with Gasteiger partial charge in [-0.1, -0.05) is 30.9 Å². The Morgan fingerprint density at radius 3 is 2.44 bits per heavy atom. The van der Waals surface area contributed by atoms with Gasteiger partial charge in [-0.05, 0) is 43.0 Å². The van der Waals surface area contributed by atoms with Crippen LogP contribution in [0.15, 0.2) is 12.1 Å². The van der Waals surface area contributed by atoms with Crippen molar-refractivity contribution in [3.63, 3.8) is 0 Å². The van der Waals surface area contributed by atoms with Gasteiger partial charge in [-0.3, -0.25) is 4.79 Å². The minimum Gasteiger partial charge on any atom is -0.506 e. The summed E-state index contributed by atoms with van der Waals surface area (Å²) < 4.78 is 0. The fourth-order valence-electron chi connectivity index (χ4n) is 2.94. The van der Waals surface area contributed by atoms with Crippen LogP contribution in [-0.4, -0.2) is 16.2 Å². The molecule has 0 bridgehead atoms. The Hall–Kier alpha value is -1.22. The van der Waals surface area contributed by atoms with Crippen molar-refractivity contribution in [1.29, 1.82) is 0 Å². The minimum atomic E-state index is -0.834. The van der Waals surface area contributed by atoms with Crippen LogP contribution < -0.4 is 0 Å². The zero-order valence-electron chi connectivity index (χ0n) is 10.4. The van der Waals surface area contributed by atoms with Crippen LogP contribution in [-0.2, 0) is 10.2 Å². The number of phenols is 1. The van der Waals surface area contributed by atoms with Gasteiger partial charge in [-0.2, -0.15) is 0 Å². The highest BCUT2D eigenvalue weighted by molar-refractivity contribution is 6.32. The second-order valence-corrected chi connectivity index (χ2v) is 5.47. The van der Waals surface area contributed by atoms with Crippen LogP contribution in [0.3, 0.4) is 0 Å². The van der Waals surface area contributed by atoms with Crippen molar-refractivity contribution in [2.75, 3.05) is 0 Å². The van der Waals surface area contributed by atoms with E-state index in [9.17, 15) is 15.0 Å². The summed E-state index contributed by atoms with van der Waals surface area (Å²) in [4.78, 5) is 11.7. The van der Waals surface area contributed by atoms with Gasteiger partial charge in [0.25, 0.3) is 0 Å². The lowest BCUT2D eigenvalue weighted by Crippen LogP contribution is -2.38. The normalized spacial score (nSPS) is 18.6. The molecule has 0 amide bonds. The number of halogens is 1. The number of aliphatic carboxylic acids is 1. The number of carboxylic acid groups (broad SMARTS) is 1. The molecule has 1 aliphatic rings. The predicted molar refractivity (Wildman–Crippen MR) is 70.3 cm³/mol. The van der Waals surface area contributed by atoms with E-state index in [0.717, 1.165) is 30.4 Å². The maximum atomic E-state index is 11.7. The van der Waals surface area contributed by atoms with Crippen LogP contribution in [0.1, 0.15) is 43.2 Å². The average Bonchev–Trinajstić information content (AvgIpc) is 2.34. The van der Waals surface area contributed by atoms with Crippen molar-refractivity contribution in [2.45, 2.75) is 44.4 Å². The second-order valence-electron chi connectivity index (χ2n) is 5.07. The number of hydrogen-bond acceptors (Lipinski definition) is 2. The zero-order valence-corrected chi connectivity index (χ0v) is 11.1. The third-order valence-corrected chi connectivity index (χ3v) is 4.23. The Kier molecular flexibility index (Phi) is 3.53. The molecule has 0 spiro atoms. The molecule has 4 heteroatoms. The van der Waals surface area contributed by atoms with E-state index in [1.54, 1.807) is 12.1 Å². The van der Waals surface area contributed by atoms with Crippen LogP contribution in [0.2, 0.25) is 5.02 Å². The van der Waals surface area contributed by atoms with E-state index in [1.165, 1.54) is 0 Å². The minimum absolute atomic E-state index is 0.00858. The van der Waals surface area contributed by atoms with Crippen LogP contribution in [0.4, 0.5) is 0 Å². The molecule has 18 heavy (non-hydrogen) atoms. The molecule has 1 aromatic rings. The van der Waals surface area contributed by atoms with E-state index >= 15 is 0 Å². The molecule has 0 aliphatic heterocycles. The first-order valence-electron chi connectivity index (χ1n) is 6.20. The van der Waals surface area contributed by atoms with Crippen molar-refractivity contribution in [2.24, 2.45) is 0 Å². The van der Waals surface area contributed by atoms with Crippen LogP contribution in [0.5, 0.6) is 5.75 Å². The summed E-state index contributed by atoms with van der Waals surface area (Å²) in [6, 6.07) is 3.17. The molecule has 0 unspecified atom stereocenters. The third kappa shape index (κ3) is 2.07. The number of benzene rings is 1. The van der Waals surface area contributed by atoms with E-state index in [-0.39, 0.29) is 10.8 Å². The highest BCUT2D eigenvalue weighted by Gasteiger charge is 2.42. The Balaban J connectivity index is 2.55. The molecule has 3 nitrogen and oxygen atoms in total. The fourth-order valence-corrected chi connectivity index (χ4v) is 3.10. The topological polar surface area (TPSA) is 57.5 Å². The van der Waals surface area contributed by atoms with Gasteiger partial charge in [0, 0.05) is 0 Å². The summed E-state index contributed by atoms with van der Waals surface area (Å²) in [5, 5.41) is 19.4. The molecule has 2 rings (SSSR count). The second kappa shape index (κ2) is 4.81. The maximum absolute atomic E-state index is 11.7. The first-order valence-corrected chi connectivity index (χ1v) is 6.58. The standard InChI is InChI=1S/C14H17ClO3/c1-9-7-12(16)11(15)8-10(9)14(13(17)18)5-3-2-4-6-14/h7-8,16H,2-6H2,1H3,(H,17,18). The average molecular weight is 269 g/mol. The van der Waals surface area contributed by atoms with Crippen molar-refractivity contribution in [3.05, 3.63) is 28.3 Å². The lowest BCUT2D eigenvalue weighted by molar-refractivity contribution is -0.145. The van der Waals surface area contributed by atoms with Crippen molar-refractivity contribution >= 4 is 17.6 Å². The Bertz CT molecular complexity index is 476. The van der Waals surface area contributed by atoms with Gasteiger partial charge < -0.3 is 10.2 Å². The van der Waals surface area contributed by atoms with E-state index in [1.807, 2.05) is 6.92 Å². The van der Waals surface area contributed by atoms with Gasteiger partial charge in [-0.15, -0.1) is 0 Å². The fraction of sp³-hybridized carbons (Fsp3) is 0.500. The molecular weight excluding hydrogens is 252 g/mol. The summed E-state index contributed by atoms with van der Waals surface area (Å²) in [7, 11) is 0. The summed E-state index contributed by atoms with van der Waals surface area (Å²) in [6.45, 7) is 1.82. The maximum Gasteiger partial charge on any atom is 0.314 e. The molecule has 1 saturated carbocycles. The predicted octanol–water partition coefficient (Wildman–Crippen LogP) is 3.64. The molecule has 0 atom stereocenters. The highest BCUT2D eigenvalue weighted by Crippen LogP contribution is 2.43. The molecular formula is C14H17ClO3. The number of aromatic hydroxyl groups is 1. The van der Waals surface area contributed by atoms with Gasteiger partial charge in [-0.25, -0.2) is 0 Å². The van der Waals surface area contributed by atoms with Gasteiger partial charge in [0.05, 0.1) is 10.4 Å². The van der Waals surface area contributed by atoms with Crippen molar-refractivity contribution in [3.8, 4) is 5.75 Å². The molecule has 0 radical (unpaired) electrons. The molecule has 0 saturated heterocycles. The number of carbonyl (C=O) groups is 1. The smallest absolute Gasteiger partial charge is 0.314 e. The highest BCUT2D eigenvalue weighted by atomic mass is 35.5. The SMILES string of the molecule is Cc1cc(O)c(Cl)cc1C1(C(=O)O)CCCCC1.